The SMILES string of the molecule is O=C(O)C(=O)O.O=C(O)C(=O)O.OB(O)O.[LiH]. The summed E-state index contributed by atoms with van der Waals surface area (Å²) >= 11 is 0. The minimum atomic E-state index is -2.17. The van der Waals surface area contributed by atoms with Crippen LogP contribution in [-0.2, 0) is 19.2 Å². The van der Waals surface area contributed by atoms with Crippen molar-refractivity contribution in [2.45, 2.75) is 0 Å². The molecule has 7 N–H and O–H groups in total. The van der Waals surface area contributed by atoms with Gasteiger partial charge in [-0.1, -0.05) is 0 Å². The zero-order valence-corrected chi connectivity index (χ0v) is 7.34. The van der Waals surface area contributed by atoms with Gasteiger partial charge in [0, 0.05) is 0 Å². The Hall–Kier alpha value is -1.58. The Labute approximate surface area is 105 Å². The van der Waals surface area contributed by atoms with Crippen molar-refractivity contribution in [1.82, 2.24) is 0 Å². The molecule has 0 heterocycles. The van der Waals surface area contributed by atoms with Crippen molar-refractivity contribution in [1.29, 1.82) is 0 Å². The van der Waals surface area contributed by atoms with Gasteiger partial charge in [-0.05, 0) is 0 Å². The normalized spacial score (nSPS) is 6.76. The van der Waals surface area contributed by atoms with E-state index in [4.69, 9.17) is 54.7 Å². The van der Waals surface area contributed by atoms with Crippen LogP contribution in [0.1, 0.15) is 0 Å². The van der Waals surface area contributed by atoms with Crippen LogP contribution in [0.25, 0.3) is 0 Å². The van der Waals surface area contributed by atoms with E-state index in [-0.39, 0.29) is 18.9 Å². The predicted octanol–water partition coefficient (Wildman–Crippen LogP) is -4.39. The molecule has 0 fully saturated rings. The van der Waals surface area contributed by atoms with Crippen molar-refractivity contribution < 1.29 is 54.7 Å². The Balaban J connectivity index is -0.0000000741. The van der Waals surface area contributed by atoms with E-state index in [9.17, 15) is 0 Å². The topological polar surface area (TPSA) is 210 Å². The van der Waals surface area contributed by atoms with Crippen molar-refractivity contribution in [3.63, 3.8) is 0 Å². The summed E-state index contributed by atoms with van der Waals surface area (Å²) in [5.74, 6) is -7.30. The average molecular weight is 250 g/mol. The molecule has 0 atom stereocenters. The van der Waals surface area contributed by atoms with Gasteiger partial charge in [-0.2, -0.15) is 0 Å². The van der Waals surface area contributed by atoms with E-state index >= 15 is 0 Å². The van der Waals surface area contributed by atoms with Gasteiger partial charge in [0.05, 0.1) is 0 Å². The molecule has 0 unspecified atom stereocenters. The van der Waals surface area contributed by atoms with E-state index in [2.05, 4.69) is 0 Å². The van der Waals surface area contributed by atoms with Gasteiger partial charge in [-0.25, -0.2) is 19.2 Å². The fourth-order valence-corrected chi connectivity index (χ4v) is 0. The van der Waals surface area contributed by atoms with Gasteiger partial charge in [0.25, 0.3) is 0 Å². The van der Waals surface area contributed by atoms with Crippen LogP contribution in [0.3, 0.4) is 0 Å². The molecule has 0 amide bonds. The van der Waals surface area contributed by atoms with Crippen LogP contribution in [0.15, 0.2) is 0 Å². The second-order valence-electron chi connectivity index (χ2n) is 1.57. The standard InChI is InChI=1S/2C2H2O4.BH3O3.Li.H/c2*3-1(4)2(5)6;2-1(3)4;;/h2*(H,3,4)(H,5,6);2-4H;;. The Kier molecular flexibility index (Phi) is 20.9. The number of aliphatic carboxylic acids is 4. The van der Waals surface area contributed by atoms with Gasteiger partial charge in [0.1, 0.15) is 0 Å². The van der Waals surface area contributed by atoms with Crippen LogP contribution in [-0.4, -0.2) is 85.6 Å². The first-order valence-corrected chi connectivity index (χ1v) is 2.99. The molecule has 94 valence electrons. The molecule has 17 heavy (non-hydrogen) atoms. The molecular weight excluding hydrogens is 242 g/mol. The fraction of sp³-hybridized carbons (Fsp3) is 0. The predicted molar refractivity (Wildman–Crippen MR) is 50.1 cm³/mol. The number of hydrogen-bond donors (Lipinski definition) is 7. The molecule has 0 bridgehead atoms. The molecule has 11 nitrogen and oxygen atoms in total. The van der Waals surface area contributed by atoms with E-state index in [0.29, 0.717) is 0 Å². The molecule has 0 aliphatic heterocycles. The summed E-state index contributed by atoms with van der Waals surface area (Å²) in [6, 6.07) is 0. The van der Waals surface area contributed by atoms with E-state index in [1.807, 2.05) is 0 Å². The maximum atomic E-state index is 9.10. The van der Waals surface area contributed by atoms with Crippen molar-refractivity contribution in [2.24, 2.45) is 0 Å². The number of carboxylic acid groups (broad SMARTS) is 4. The molecule has 13 heteroatoms. The number of rotatable bonds is 0. The third kappa shape index (κ3) is 54.0. The second kappa shape index (κ2) is 14.4. The van der Waals surface area contributed by atoms with E-state index in [1.165, 1.54) is 0 Å². The van der Waals surface area contributed by atoms with Gasteiger partial charge < -0.3 is 35.5 Å². The Bertz CT molecular complexity index is 211. The van der Waals surface area contributed by atoms with Crippen molar-refractivity contribution >= 4 is 50.1 Å². The zero-order chi connectivity index (χ0) is 13.9. The molecule has 0 aromatic carbocycles. The first-order chi connectivity index (χ1) is 7.02. The molecule has 0 rings (SSSR count). The van der Waals surface area contributed by atoms with Crippen LogP contribution in [0, 0.1) is 0 Å². The van der Waals surface area contributed by atoms with Crippen LogP contribution in [0.2, 0.25) is 0 Å². The maximum absolute atomic E-state index is 9.10. The summed E-state index contributed by atoms with van der Waals surface area (Å²) in [5, 5.41) is 51.1. The summed E-state index contributed by atoms with van der Waals surface area (Å²) in [5.41, 5.74) is 0. The van der Waals surface area contributed by atoms with Crippen LogP contribution in [0.4, 0.5) is 0 Å². The van der Waals surface area contributed by atoms with E-state index in [1.54, 1.807) is 0 Å². The summed E-state index contributed by atoms with van der Waals surface area (Å²) in [6.45, 7) is 0. The molecule has 0 saturated heterocycles. The zero-order valence-electron chi connectivity index (χ0n) is 7.34. The molecule has 0 aliphatic rings. The third-order valence-corrected chi connectivity index (χ3v) is 0.366. The second-order valence-corrected chi connectivity index (χ2v) is 1.57. The first kappa shape index (κ1) is 24.6. The average Bonchev–Trinajstić information content (AvgIpc) is 2.03. The van der Waals surface area contributed by atoms with E-state index < -0.39 is 31.2 Å². The number of carboxylic acids is 4. The van der Waals surface area contributed by atoms with Gasteiger partial charge in [-0.3, -0.25) is 0 Å². The minimum absolute atomic E-state index is 0. The van der Waals surface area contributed by atoms with Gasteiger partial charge in [0.15, 0.2) is 0 Å². The molecule has 0 saturated carbocycles. The summed E-state index contributed by atoms with van der Waals surface area (Å²) < 4.78 is 0. The number of hydrogen-bond acceptors (Lipinski definition) is 7. The van der Waals surface area contributed by atoms with Gasteiger partial charge in [-0.15, -0.1) is 0 Å². The number of carbonyl (C=O) groups is 4. The van der Waals surface area contributed by atoms with Crippen LogP contribution < -0.4 is 0 Å². The van der Waals surface area contributed by atoms with E-state index in [0.717, 1.165) is 0 Å². The molecular formula is C4H8BLiO11. The molecule has 0 aliphatic carbocycles. The van der Waals surface area contributed by atoms with Crippen molar-refractivity contribution in [3.8, 4) is 0 Å². The van der Waals surface area contributed by atoms with Crippen molar-refractivity contribution in [2.75, 3.05) is 0 Å². The van der Waals surface area contributed by atoms with Crippen LogP contribution >= 0.6 is 0 Å². The monoisotopic (exact) mass is 250 g/mol. The fourth-order valence-electron chi connectivity index (χ4n) is 0. The first-order valence-electron chi connectivity index (χ1n) is 2.99. The van der Waals surface area contributed by atoms with Gasteiger partial charge in [0.2, 0.25) is 0 Å². The molecule has 0 aromatic rings. The Morgan fingerprint density at radius 1 is 0.588 bits per heavy atom. The molecule has 0 aromatic heterocycles. The molecule has 0 spiro atoms. The third-order valence-electron chi connectivity index (χ3n) is 0.366. The van der Waals surface area contributed by atoms with Gasteiger partial charge >= 0.3 is 50.1 Å². The summed E-state index contributed by atoms with van der Waals surface area (Å²) in [7, 11) is -2.17. The summed E-state index contributed by atoms with van der Waals surface area (Å²) in [6.07, 6.45) is 0. The Morgan fingerprint density at radius 2 is 0.647 bits per heavy atom. The Morgan fingerprint density at radius 3 is 0.647 bits per heavy atom. The van der Waals surface area contributed by atoms with Crippen molar-refractivity contribution in [3.05, 3.63) is 0 Å². The molecule has 0 radical (unpaired) electrons. The van der Waals surface area contributed by atoms with Crippen LogP contribution in [0.5, 0.6) is 0 Å². The quantitative estimate of drug-likeness (QED) is 0.161. The summed E-state index contributed by atoms with van der Waals surface area (Å²) in [4.78, 5) is 36.4.